The zero-order chi connectivity index (χ0) is 34.6. The Kier molecular flexibility index (Phi) is 7.33. The summed E-state index contributed by atoms with van der Waals surface area (Å²) in [5, 5.41) is 3.80. The monoisotopic (exact) mass is 682 g/mol. The molecule has 0 aliphatic carbocycles. The van der Waals surface area contributed by atoms with Crippen molar-refractivity contribution in [3.8, 4) is 33.5 Å². The maximum absolute atomic E-state index is 5.48. The lowest BCUT2D eigenvalue weighted by atomic mass is 9.86. The van der Waals surface area contributed by atoms with E-state index in [2.05, 4.69) is 194 Å². The zero-order valence-corrected chi connectivity index (χ0v) is 29.5. The molecule has 1 aliphatic rings. The molecule has 52 heavy (non-hydrogen) atoms. The Morgan fingerprint density at radius 2 is 1.13 bits per heavy atom. The normalized spacial score (nSPS) is 14.1. The smallest absolute Gasteiger partial charge is 0.0955 e. The first-order valence-corrected chi connectivity index (χ1v) is 18.6. The molecule has 0 saturated heterocycles. The van der Waals surface area contributed by atoms with Gasteiger partial charge < -0.3 is 4.90 Å². The fourth-order valence-corrected chi connectivity index (χ4v) is 9.23. The number of fused-ring (bicyclic) bond motifs is 6. The number of likely N-dealkylation sites (N-methyl/N-ethyl adjacent to an activating group) is 1. The minimum atomic E-state index is 0.00447. The molecular weight excluding hydrogens is 649 g/mol. The summed E-state index contributed by atoms with van der Waals surface area (Å²) in [5.41, 5.74) is 14.0. The molecule has 2 nitrogen and oxygen atoms in total. The Hall–Kier alpha value is -6.29. The van der Waals surface area contributed by atoms with E-state index in [4.69, 9.17) is 4.98 Å². The second kappa shape index (κ2) is 12.5. The molecule has 1 atom stereocenters. The summed E-state index contributed by atoms with van der Waals surface area (Å²) in [4.78, 5) is 7.92. The van der Waals surface area contributed by atoms with E-state index in [-0.39, 0.29) is 6.04 Å². The van der Waals surface area contributed by atoms with Crippen LogP contribution in [0.3, 0.4) is 0 Å². The van der Waals surface area contributed by atoms with Crippen LogP contribution in [0.4, 0.5) is 5.69 Å². The van der Waals surface area contributed by atoms with E-state index in [0.717, 1.165) is 27.8 Å². The van der Waals surface area contributed by atoms with Crippen molar-refractivity contribution in [3.05, 3.63) is 199 Å². The standard InChI is InChI=1S/C49H34N2S/c1-51-45(36-26-24-34(25-27-36)37-21-13-22-41-38-20-11-12-23-46(38)52-49(37)41)31-43(33-16-7-3-8-17-33)40-29-28-39-42(32-14-5-2-6-15-32)30-44(50-47(39)48(40)51)35-18-9-4-10-19-35/h2-31,45H,1H3. The summed E-state index contributed by atoms with van der Waals surface area (Å²) in [6.07, 6.45) is 2.43. The average Bonchev–Trinajstić information content (AvgIpc) is 3.60. The van der Waals surface area contributed by atoms with Gasteiger partial charge in [-0.15, -0.1) is 11.3 Å². The lowest BCUT2D eigenvalue weighted by molar-refractivity contribution is 0.804. The first-order chi connectivity index (χ1) is 25.7. The summed E-state index contributed by atoms with van der Waals surface area (Å²) >= 11 is 1.88. The van der Waals surface area contributed by atoms with E-state index in [1.807, 2.05) is 11.3 Å². The van der Waals surface area contributed by atoms with Crippen LogP contribution in [0.1, 0.15) is 22.7 Å². The number of pyridine rings is 1. The Labute approximate surface area is 307 Å². The average molecular weight is 683 g/mol. The highest BCUT2D eigenvalue weighted by atomic mass is 32.1. The molecule has 1 unspecified atom stereocenters. The van der Waals surface area contributed by atoms with Gasteiger partial charge in [0.15, 0.2) is 0 Å². The topological polar surface area (TPSA) is 16.1 Å². The SMILES string of the molecule is CN1c2c(ccc3c(-c4ccccc4)cc(-c4ccccc4)nc23)C(c2ccccc2)=CC1c1ccc(-c2cccc3c2sc2ccccc23)cc1. The van der Waals surface area contributed by atoms with Crippen molar-refractivity contribution >= 4 is 53.7 Å². The van der Waals surface area contributed by atoms with Crippen molar-refractivity contribution in [2.45, 2.75) is 6.04 Å². The van der Waals surface area contributed by atoms with Gasteiger partial charge in [-0.2, -0.15) is 0 Å². The summed E-state index contributed by atoms with van der Waals surface area (Å²) in [6.45, 7) is 0. The maximum atomic E-state index is 5.48. The van der Waals surface area contributed by atoms with Crippen LogP contribution in [-0.2, 0) is 0 Å². The molecule has 0 bridgehead atoms. The highest BCUT2D eigenvalue weighted by molar-refractivity contribution is 7.26. The van der Waals surface area contributed by atoms with Crippen molar-refractivity contribution in [1.29, 1.82) is 0 Å². The lowest BCUT2D eigenvalue weighted by Gasteiger charge is -2.36. The van der Waals surface area contributed by atoms with Crippen LogP contribution in [0.2, 0.25) is 0 Å². The number of hydrogen-bond acceptors (Lipinski definition) is 3. The van der Waals surface area contributed by atoms with Crippen LogP contribution in [0, 0.1) is 0 Å². The van der Waals surface area contributed by atoms with E-state index >= 15 is 0 Å². The van der Waals surface area contributed by atoms with E-state index in [1.54, 1.807) is 0 Å². The fourth-order valence-electron chi connectivity index (χ4n) is 7.99. The van der Waals surface area contributed by atoms with Gasteiger partial charge in [-0.1, -0.05) is 164 Å². The van der Waals surface area contributed by atoms with Gasteiger partial charge in [-0.25, -0.2) is 4.98 Å². The molecule has 0 amide bonds. The van der Waals surface area contributed by atoms with Gasteiger partial charge >= 0.3 is 0 Å². The summed E-state index contributed by atoms with van der Waals surface area (Å²) in [5.74, 6) is 0. The number of anilines is 1. The second-order valence-corrected chi connectivity index (χ2v) is 14.6. The molecule has 246 valence electrons. The maximum Gasteiger partial charge on any atom is 0.0955 e. The van der Waals surface area contributed by atoms with Gasteiger partial charge in [0.2, 0.25) is 0 Å². The molecule has 2 aromatic heterocycles. The number of nitrogens with zero attached hydrogens (tertiary/aromatic N) is 2. The molecule has 1 aliphatic heterocycles. The third kappa shape index (κ3) is 5.05. The number of thiophene rings is 1. The van der Waals surface area contributed by atoms with E-state index < -0.39 is 0 Å². The van der Waals surface area contributed by atoms with E-state index in [0.29, 0.717) is 0 Å². The molecule has 3 heteroatoms. The van der Waals surface area contributed by atoms with Crippen molar-refractivity contribution in [1.82, 2.24) is 4.98 Å². The Bertz CT molecular complexity index is 2780. The number of benzene rings is 7. The highest BCUT2D eigenvalue weighted by Gasteiger charge is 2.29. The van der Waals surface area contributed by atoms with Gasteiger partial charge in [0.1, 0.15) is 0 Å². The number of hydrogen-bond donors (Lipinski definition) is 0. The van der Waals surface area contributed by atoms with Crippen LogP contribution < -0.4 is 4.90 Å². The molecule has 0 saturated carbocycles. The quantitative estimate of drug-likeness (QED) is 0.180. The molecule has 0 radical (unpaired) electrons. The van der Waals surface area contributed by atoms with E-state index in [1.165, 1.54) is 64.7 Å². The molecule has 10 rings (SSSR count). The number of rotatable bonds is 5. The third-order valence-corrected chi connectivity index (χ3v) is 11.8. The molecule has 3 heterocycles. The van der Waals surface area contributed by atoms with Gasteiger partial charge in [0.05, 0.1) is 22.9 Å². The summed E-state index contributed by atoms with van der Waals surface area (Å²) in [6, 6.07) is 63.6. The minimum absolute atomic E-state index is 0.00447. The zero-order valence-electron chi connectivity index (χ0n) is 28.7. The molecule has 0 spiro atoms. The predicted molar refractivity (Wildman–Crippen MR) is 222 cm³/mol. The van der Waals surface area contributed by atoms with Crippen LogP contribution in [0.5, 0.6) is 0 Å². The first kappa shape index (κ1) is 30.5. The third-order valence-electron chi connectivity index (χ3n) is 10.5. The minimum Gasteiger partial charge on any atom is -0.362 e. The lowest BCUT2D eigenvalue weighted by Crippen LogP contribution is -2.27. The summed E-state index contributed by atoms with van der Waals surface area (Å²) in [7, 11) is 2.23. The van der Waals surface area contributed by atoms with Gasteiger partial charge in [0.25, 0.3) is 0 Å². The van der Waals surface area contributed by atoms with Crippen LogP contribution >= 0.6 is 11.3 Å². The fraction of sp³-hybridized carbons (Fsp3) is 0.0408. The Balaban J connectivity index is 1.15. The van der Waals surface area contributed by atoms with Crippen molar-refractivity contribution in [2.24, 2.45) is 0 Å². The molecule has 0 fully saturated rings. The van der Waals surface area contributed by atoms with Crippen molar-refractivity contribution in [2.75, 3.05) is 11.9 Å². The first-order valence-electron chi connectivity index (χ1n) is 17.8. The summed E-state index contributed by atoms with van der Waals surface area (Å²) < 4.78 is 2.67. The van der Waals surface area contributed by atoms with Crippen LogP contribution in [-0.4, -0.2) is 12.0 Å². The molecular formula is C49H34N2S. The van der Waals surface area contributed by atoms with Crippen molar-refractivity contribution < 1.29 is 0 Å². The predicted octanol–water partition coefficient (Wildman–Crippen LogP) is 13.2. The van der Waals surface area contributed by atoms with Gasteiger partial charge in [0, 0.05) is 43.7 Å². The van der Waals surface area contributed by atoms with Crippen LogP contribution in [0.25, 0.3) is 70.2 Å². The van der Waals surface area contributed by atoms with Gasteiger partial charge in [-0.3, -0.25) is 0 Å². The van der Waals surface area contributed by atoms with Crippen LogP contribution in [0.15, 0.2) is 182 Å². The Morgan fingerprint density at radius 3 is 1.88 bits per heavy atom. The Morgan fingerprint density at radius 1 is 0.500 bits per heavy atom. The molecule has 9 aromatic rings. The van der Waals surface area contributed by atoms with Crippen molar-refractivity contribution in [3.63, 3.8) is 0 Å². The molecule has 7 aromatic carbocycles. The molecule has 0 N–H and O–H groups in total. The highest BCUT2D eigenvalue weighted by Crippen LogP contribution is 2.48. The van der Waals surface area contributed by atoms with Gasteiger partial charge in [-0.05, 0) is 57.2 Å². The van der Waals surface area contributed by atoms with E-state index in [9.17, 15) is 0 Å². The largest absolute Gasteiger partial charge is 0.362 e. The number of aromatic nitrogens is 1. The second-order valence-electron chi connectivity index (χ2n) is 13.5.